The van der Waals surface area contributed by atoms with Crippen molar-refractivity contribution in [2.45, 2.75) is 13.0 Å². The molecule has 0 saturated heterocycles. The Balaban J connectivity index is 1.89. The van der Waals surface area contributed by atoms with Crippen LogP contribution in [0.15, 0.2) is 42.5 Å². The van der Waals surface area contributed by atoms with Crippen molar-refractivity contribution in [2.24, 2.45) is 5.73 Å². The van der Waals surface area contributed by atoms with Crippen molar-refractivity contribution in [1.29, 1.82) is 0 Å². The number of nitrogens with two attached hydrogens (primary N) is 1. The van der Waals surface area contributed by atoms with Crippen LogP contribution in [-0.4, -0.2) is 29.4 Å². The molecule has 24 heavy (non-hydrogen) atoms. The van der Waals surface area contributed by atoms with Gasteiger partial charge in [0, 0.05) is 5.56 Å². The average Bonchev–Trinajstić information content (AvgIpc) is 3.11. The fourth-order valence-electron chi connectivity index (χ4n) is 2.45. The highest BCUT2D eigenvalue weighted by atomic mass is 16.5. The zero-order valence-corrected chi connectivity index (χ0v) is 13.9. The summed E-state index contributed by atoms with van der Waals surface area (Å²) in [7, 11) is 3.20. The number of aryl methyl sites for hydroxylation is 1. The summed E-state index contributed by atoms with van der Waals surface area (Å²) in [6.07, 6.45) is 0. The number of rotatable bonds is 5. The fourth-order valence-corrected chi connectivity index (χ4v) is 2.45. The van der Waals surface area contributed by atoms with E-state index in [2.05, 4.69) is 15.2 Å². The van der Waals surface area contributed by atoms with Crippen LogP contribution in [0.25, 0.3) is 11.4 Å². The molecule has 1 heterocycles. The van der Waals surface area contributed by atoms with Crippen molar-refractivity contribution in [1.82, 2.24) is 15.2 Å². The number of aromatic nitrogens is 3. The first-order valence-corrected chi connectivity index (χ1v) is 7.59. The number of nitrogens with zero attached hydrogens (tertiary/aromatic N) is 2. The topological polar surface area (TPSA) is 86.0 Å². The Kier molecular flexibility index (Phi) is 4.48. The van der Waals surface area contributed by atoms with Crippen molar-refractivity contribution in [3.05, 3.63) is 59.4 Å². The average molecular weight is 324 g/mol. The molecule has 0 fully saturated rings. The van der Waals surface area contributed by atoms with Gasteiger partial charge in [-0.1, -0.05) is 29.8 Å². The Morgan fingerprint density at radius 3 is 2.38 bits per heavy atom. The molecule has 0 saturated carbocycles. The first kappa shape index (κ1) is 16.0. The van der Waals surface area contributed by atoms with Crippen LogP contribution in [0.4, 0.5) is 0 Å². The third kappa shape index (κ3) is 3.09. The van der Waals surface area contributed by atoms with Gasteiger partial charge < -0.3 is 15.2 Å². The van der Waals surface area contributed by atoms with Gasteiger partial charge in [-0.15, -0.1) is 0 Å². The number of aromatic amines is 1. The van der Waals surface area contributed by atoms with E-state index in [0.29, 0.717) is 23.1 Å². The van der Waals surface area contributed by atoms with E-state index in [9.17, 15) is 0 Å². The Bertz CT molecular complexity index is 827. The minimum atomic E-state index is -0.355. The van der Waals surface area contributed by atoms with Crippen LogP contribution < -0.4 is 15.2 Å². The predicted octanol–water partition coefficient (Wildman–Crippen LogP) is 2.85. The lowest BCUT2D eigenvalue weighted by Gasteiger charge is -2.09. The van der Waals surface area contributed by atoms with Crippen molar-refractivity contribution < 1.29 is 9.47 Å². The number of benzene rings is 2. The molecule has 2 aromatic carbocycles. The van der Waals surface area contributed by atoms with Gasteiger partial charge in [-0.05, 0) is 30.7 Å². The molecule has 1 atom stereocenters. The second kappa shape index (κ2) is 6.72. The molecular formula is C18H20N4O2. The Hall–Kier alpha value is -2.86. The van der Waals surface area contributed by atoms with Crippen molar-refractivity contribution in [3.8, 4) is 22.9 Å². The molecule has 3 rings (SSSR count). The Morgan fingerprint density at radius 2 is 1.71 bits per heavy atom. The molecule has 0 radical (unpaired) electrons. The zero-order valence-electron chi connectivity index (χ0n) is 13.9. The third-order valence-electron chi connectivity index (χ3n) is 3.88. The molecule has 3 N–H and O–H groups in total. The van der Waals surface area contributed by atoms with E-state index in [1.54, 1.807) is 14.2 Å². The predicted molar refractivity (Wildman–Crippen MR) is 92.1 cm³/mol. The maximum absolute atomic E-state index is 6.28. The van der Waals surface area contributed by atoms with E-state index >= 15 is 0 Å². The van der Waals surface area contributed by atoms with E-state index in [1.165, 1.54) is 5.56 Å². The van der Waals surface area contributed by atoms with Crippen LogP contribution in [0.5, 0.6) is 11.5 Å². The summed E-state index contributed by atoms with van der Waals surface area (Å²) in [4.78, 5) is 4.52. The maximum atomic E-state index is 6.28. The van der Waals surface area contributed by atoms with Crippen molar-refractivity contribution in [2.75, 3.05) is 14.2 Å². The number of ether oxygens (including phenoxy) is 2. The molecule has 6 heteroatoms. The van der Waals surface area contributed by atoms with Gasteiger partial charge in [0.2, 0.25) is 0 Å². The minimum Gasteiger partial charge on any atom is -0.493 e. The second-order valence-electron chi connectivity index (χ2n) is 5.50. The van der Waals surface area contributed by atoms with E-state index in [-0.39, 0.29) is 6.04 Å². The molecule has 0 aliphatic carbocycles. The molecule has 0 amide bonds. The van der Waals surface area contributed by atoms with Crippen molar-refractivity contribution >= 4 is 0 Å². The molecule has 0 unspecified atom stereocenters. The molecule has 1 aromatic heterocycles. The van der Waals surface area contributed by atoms with E-state index in [1.807, 2.05) is 49.4 Å². The van der Waals surface area contributed by atoms with Gasteiger partial charge in [-0.2, -0.15) is 5.10 Å². The SMILES string of the molecule is COc1ccc(-c2n[nH]c([C@@H](N)c3ccc(C)cc3)n2)cc1OC. The smallest absolute Gasteiger partial charge is 0.181 e. The standard InChI is InChI=1S/C18H20N4O2/c1-11-4-6-12(7-5-11)16(19)18-20-17(21-22-18)13-8-9-14(23-2)15(10-13)24-3/h4-10,16H,19H2,1-3H3,(H,20,21,22)/t16-/m0/s1. The number of nitrogens with one attached hydrogen (secondary N) is 1. The van der Waals surface area contributed by atoms with Gasteiger partial charge in [0.05, 0.1) is 20.3 Å². The lowest BCUT2D eigenvalue weighted by Crippen LogP contribution is -2.13. The summed E-state index contributed by atoms with van der Waals surface area (Å²) in [6, 6.07) is 13.2. The Labute approximate surface area is 140 Å². The van der Waals surface area contributed by atoms with Crippen LogP contribution in [0.3, 0.4) is 0 Å². The summed E-state index contributed by atoms with van der Waals surface area (Å²) in [5.74, 6) is 2.47. The van der Waals surface area contributed by atoms with Gasteiger partial charge in [0.15, 0.2) is 17.3 Å². The summed E-state index contributed by atoms with van der Waals surface area (Å²) >= 11 is 0. The van der Waals surface area contributed by atoms with Crippen LogP contribution in [-0.2, 0) is 0 Å². The van der Waals surface area contributed by atoms with E-state index < -0.39 is 0 Å². The number of methoxy groups -OCH3 is 2. The number of hydrogen-bond acceptors (Lipinski definition) is 5. The largest absolute Gasteiger partial charge is 0.493 e. The zero-order chi connectivity index (χ0) is 17.1. The Morgan fingerprint density at radius 1 is 1.00 bits per heavy atom. The molecule has 0 bridgehead atoms. The van der Waals surface area contributed by atoms with Gasteiger partial charge in [0.25, 0.3) is 0 Å². The van der Waals surface area contributed by atoms with Crippen LogP contribution in [0.1, 0.15) is 23.0 Å². The maximum Gasteiger partial charge on any atom is 0.181 e. The lowest BCUT2D eigenvalue weighted by molar-refractivity contribution is 0.355. The molecule has 0 spiro atoms. The van der Waals surface area contributed by atoms with Gasteiger partial charge >= 0.3 is 0 Å². The molecular weight excluding hydrogens is 304 g/mol. The van der Waals surface area contributed by atoms with Crippen LogP contribution in [0.2, 0.25) is 0 Å². The normalized spacial score (nSPS) is 12.0. The van der Waals surface area contributed by atoms with Gasteiger partial charge in [-0.25, -0.2) is 4.98 Å². The second-order valence-corrected chi connectivity index (χ2v) is 5.50. The lowest BCUT2D eigenvalue weighted by atomic mass is 10.1. The fraction of sp³-hybridized carbons (Fsp3) is 0.222. The van der Waals surface area contributed by atoms with Crippen LogP contribution in [0, 0.1) is 6.92 Å². The monoisotopic (exact) mass is 324 g/mol. The quantitative estimate of drug-likeness (QED) is 0.753. The highest BCUT2D eigenvalue weighted by molar-refractivity contribution is 5.61. The van der Waals surface area contributed by atoms with E-state index in [4.69, 9.17) is 15.2 Å². The summed E-state index contributed by atoms with van der Waals surface area (Å²) < 4.78 is 10.6. The molecule has 124 valence electrons. The first-order valence-electron chi connectivity index (χ1n) is 7.59. The summed E-state index contributed by atoms with van der Waals surface area (Å²) in [5.41, 5.74) is 9.28. The molecule has 3 aromatic rings. The van der Waals surface area contributed by atoms with Gasteiger partial charge in [0.1, 0.15) is 5.82 Å². The van der Waals surface area contributed by atoms with Gasteiger partial charge in [-0.3, -0.25) is 5.10 Å². The molecule has 6 nitrogen and oxygen atoms in total. The van der Waals surface area contributed by atoms with Crippen molar-refractivity contribution in [3.63, 3.8) is 0 Å². The molecule has 0 aliphatic rings. The minimum absolute atomic E-state index is 0.355. The molecule has 0 aliphatic heterocycles. The number of hydrogen-bond donors (Lipinski definition) is 2. The third-order valence-corrected chi connectivity index (χ3v) is 3.88. The summed E-state index contributed by atoms with van der Waals surface area (Å²) in [6.45, 7) is 2.04. The van der Waals surface area contributed by atoms with Crippen LogP contribution >= 0.6 is 0 Å². The highest BCUT2D eigenvalue weighted by Gasteiger charge is 2.16. The van der Waals surface area contributed by atoms with E-state index in [0.717, 1.165) is 11.1 Å². The first-order chi connectivity index (χ1) is 11.6. The number of H-pyrrole nitrogens is 1. The summed E-state index contributed by atoms with van der Waals surface area (Å²) in [5, 5.41) is 7.19. The highest BCUT2D eigenvalue weighted by Crippen LogP contribution is 2.31.